The molecule has 0 fully saturated rings. The maximum Gasteiger partial charge on any atom is 0.282 e. The van der Waals surface area contributed by atoms with Crippen LogP contribution in [0.4, 0.5) is 4.39 Å². The van der Waals surface area contributed by atoms with Gasteiger partial charge in [-0.3, -0.25) is 4.79 Å². The summed E-state index contributed by atoms with van der Waals surface area (Å²) in [5.41, 5.74) is 0.880. The average molecular weight is 292 g/mol. The van der Waals surface area contributed by atoms with Gasteiger partial charge in [0.2, 0.25) is 0 Å². The molecule has 1 aromatic carbocycles. The van der Waals surface area contributed by atoms with E-state index < -0.39 is 0 Å². The third-order valence-corrected chi connectivity index (χ3v) is 4.08. The first-order chi connectivity index (χ1) is 9.47. The molecule has 0 saturated carbocycles. The van der Waals surface area contributed by atoms with E-state index in [0.29, 0.717) is 11.4 Å². The summed E-state index contributed by atoms with van der Waals surface area (Å²) in [5, 5.41) is 0.479. The van der Waals surface area contributed by atoms with Crippen molar-refractivity contribution in [1.29, 1.82) is 0 Å². The van der Waals surface area contributed by atoms with Crippen molar-refractivity contribution >= 4 is 17.2 Å². The van der Waals surface area contributed by atoms with E-state index in [1.54, 1.807) is 24.2 Å². The predicted octanol–water partition coefficient (Wildman–Crippen LogP) is 3.35. The van der Waals surface area contributed by atoms with Gasteiger partial charge in [-0.1, -0.05) is 12.1 Å². The van der Waals surface area contributed by atoms with Crippen molar-refractivity contribution in [2.75, 3.05) is 7.05 Å². The molecule has 0 spiro atoms. The lowest BCUT2D eigenvalue weighted by molar-refractivity contribution is 0.0754. The van der Waals surface area contributed by atoms with Gasteiger partial charge in [0.1, 0.15) is 5.82 Å². The fraction of sp³-hybridized carbons (Fsp3) is 0.333. The van der Waals surface area contributed by atoms with Gasteiger partial charge in [-0.15, -0.1) is 11.3 Å². The molecular formula is C15H17FN2OS. The van der Waals surface area contributed by atoms with E-state index in [1.165, 1.54) is 23.5 Å². The Balaban J connectivity index is 2.11. The minimum atomic E-state index is -0.247. The fourth-order valence-corrected chi connectivity index (χ4v) is 2.65. The van der Waals surface area contributed by atoms with Crippen LogP contribution in [0.1, 0.15) is 34.1 Å². The number of benzene rings is 1. The first-order valence-electron chi connectivity index (χ1n) is 6.43. The van der Waals surface area contributed by atoms with E-state index in [0.717, 1.165) is 10.4 Å². The largest absolute Gasteiger partial charge is 0.337 e. The molecule has 0 unspecified atom stereocenters. The van der Waals surface area contributed by atoms with Crippen molar-refractivity contribution in [2.45, 2.75) is 26.3 Å². The topological polar surface area (TPSA) is 33.2 Å². The number of aromatic nitrogens is 1. The minimum Gasteiger partial charge on any atom is -0.337 e. The second-order valence-corrected chi connectivity index (χ2v) is 6.06. The second kappa shape index (κ2) is 6.13. The van der Waals surface area contributed by atoms with E-state index in [4.69, 9.17) is 0 Å². The first-order valence-corrected chi connectivity index (χ1v) is 7.25. The Labute approximate surface area is 122 Å². The zero-order valence-electron chi connectivity index (χ0n) is 11.8. The molecule has 3 nitrogen and oxygen atoms in total. The summed E-state index contributed by atoms with van der Waals surface area (Å²) < 4.78 is 13.1. The molecule has 0 aliphatic carbocycles. The SMILES string of the molecule is CC(C)N(C)C(=O)c1ncc(Cc2cccc(F)c2)s1. The predicted molar refractivity (Wildman–Crippen MR) is 78.5 cm³/mol. The molecule has 2 aromatic rings. The lowest BCUT2D eigenvalue weighted by Crippen LogP contribution is -2.32. The number of nitrogens with zero attached hydrogens (tertiary/aromatic N) is 2. The molecule has 2 rings (SSSR count). The lowest BCUT2D eigenvalue weighted by Gasteiger charge is -2.19. The lowest BCUT2D eigenvalue weighted by atomic mass is 10.1. The summed E-state index contributed by atoms with van der Waals surface area (Å²) in [5.74, 6) is -0.321. The number of rotatable bonds is 4. The summed E-state index contributed by atoms with van der Waals surface area (Å²) >= 11 is 1.36. The van der Waals surface area contributed by atoms with Gasteiger partial charge >= 0.3 is 0 Å². The summed E-state index contributed by atoms with van der Waals surface area (Å²) in [4.78, 5) is 18.9. The minimum absolute atomic E-state index is 0.0736. The zero-order valence-corrected chi connectivity index (χ0v) is 12.6. The highest BCUT2D eigenvalue weighted by molar-refractivity contribution is 7.13. The van der Waals surface area contributed by atoms with Crippen LogP contribution < -0.4 is 0 Å². The van der Waals surface area contributed by atoms with Gasteiger partial charge in [0.25, 0.3) is 5.91 Å². The number of hydrogen-bond acceptors (Lipinski definition) is 3. The van der Waals surface area contributed by atoms with Gasteiger partial charge in [0, 0.05) is 30.6 Å². The Kier molecular flexibility index (Phi) is 4.49. The highest BCUT2D eigenvalue weighted by Crippen LogP contribution is 2.19. The normalized spacial score (nSPS) is 10.8. The van der Waals surface area contributed by atoms with Crippen molar-refractivity contribution in [3.63, 3.8) is 0 Å². The molecule has 1 heterocycles. The van der Waals surface area contributed by atoms with Crippen LogP contribution in [-0.4, -0.2) is 28.9 Å². The fourth-order valence-electron chi connectivity index (χ4n) is 1.72. The standard InChI is InChI=1S/C15H17FN2OS/c1-10(2)18(3)15(19)14-17-9-13(20-14)8-11-5-4-6-12(16)7-11/h4-7,9-10H,8H2,1-3H3. The van der Waals surface area contributed by atoms with E-state index in [9.17, 15) is 9.18 Å². The molecule has 0 atom stereocenters. The molecule has 106 valence electrons. The van der Waals surface area contributed by atoms with Gasteiger partial charge < -0.3 is 4.90 Å². The van der Waals surface area contributed by atoms with Crippen LogP contribution in [0.15, 0.2) is 30.5 Å². The quantitative estimate of drug-likeness (QED) is 0.866. The number of hydrogen-bond donors (Lipinski definition) is 0. The van der Waals surface area contributed by atoms with E-state index in [-0.39, 0.29) is 17.8 Å². The third-order valence-electron chi connectivity index (χ3n) is 3.10. The molecule has 1 aromatic heterocycles. The van der Waals surface area contributed by atoms with E-state index >= 15 is 0 Å². The van der Waals surface area contributed by atoms with Gasteiger partial charge in [-0.05, 0) is 31.5 Å². The Hall–Kier alpha value is -1.75. The van der Waals surface area contributed by atoms with Crippen LogP contribution in [0.25, 0.3) is 0 Å². The molecule has 0 aliphatic heterocycles. The molecule has 1 amide bonds. The van der Waals surface area contributed by atoms with Crippen molar-refractivity contribution in [3.05, 3.63) is 51.7 Å². The van der Waals surface area contributed by atoms with Gasteiger partial charge in [0.15, 0.2) is 5.01 Å². The molecular weight excluding hydrogens is 275 g/mol. The smallest absolute Gasteiger partial charge is 0.282 e. The van der Waals surface area contributed by atoms with Crippen LogP contribution in [0, 0.1) is 5.82 Å². The summed E-state index contributed by atoms with van der Waals surface area (Å²) in [7, 11) is 1.76. The molecule has 0 aliphatic rings. The van der Waals surface area contributed by atoms with Crippen molar-refractivity contribution in [2.24, 2.45) is 0 Å². The van der Waals surface area contributed by atoms with Gasteiger partial charge in [-0.25, -0.2) is 9.37 Å². The highest BCUT2D eigenvalue weighted by atomic mass is 32.1. The summed E-state index contributed by atoms with van der Waals surface area (Å²) in [6, 6.07) is 6.61. The Morgan fingerprint density at radius 3 is 2.85 bits per heavy atom. The maximum atomic E-state index is 13.1. The number of carbonyl (C=O) groups is 1. The van der Waals surface area contributed by atoms with E-state index in [1.807, 2.05) is 19.9 Å². The summed E-state index contributed by atoms with van der Waals surface area (Å²) in [6.45, 7) is 3.92. The number of thiazole rings is 1. The monoisotopic (exact) mass is 292 g/mol. The van der Waals surface area contributed by atoms with Gasteiger partial charge in [-0.2, -0.15) is 0 Å². The van der Waals surface area contributed by atoms with Crippen molar-refractivity contribution in [1.82, 2.24) is 9.88 Å². The summed E-state index contributed by atoms with van der Waals surface area (Å²) in [6.07, 6.45) is 2.28. The molecule has 0 bridgehead atoms. The molecule has 20 heavy (non-hydrogen) atoms. The van der Waals surface area contributed by atoms with Crippen LogP contribution in [-0.2, 0) is 6.42 Å². The van der Waals surface area contributed by atoms with Crippen LogP contribution in [0.2, 0.25) is 0 Å². The van der Waals surface area contributed by atoms with Crippen LogP contribution in [0.5, 0.6) is 0 Å². The Bertz CT molecular complexity index is 609. The van der Waals surface area contributed by atoms with Crippen LogP contribution >= 0.6 is 11.3 Å². The third kappa shape index (κ3) is 3.42. The first kappa shape index (κ1) is 14.7. The molecule has 5 heteroatoms. The average Bonchev–Trinajstić information content (AvgIpc) is 2.85. The Morgan fingerprint density at radius 2 is 2.20 bits per heavy atom. The molecule has 0 saturated heterocycles. The molecule has 0 N–H and O–H groups in total. The van der Waals surface area contributed by atoms with Gasteiger partial charge in [0.05, 0.1) is 0 Å². The maximum absolute atomic E-state index is 13.1. The zero-order chi connectivity index (χ0) is 14.7. The van der Waals surface area contributed by atoms with Crippen molar-refractivity contribution < 1.29 is 9.18 Å². The van der Waals surface area contributed by atoms with Crippen molar-refractivity contribution in [3.8, 4) is 0 Å². The second-order valence-electron chi connectivity index (χ2n) is 4.95. The van der Waals surface area contributed by atoms with Crippen LogP contribution in [0.3, 0.4) is 0 Å². The van der Waals surface area contributed by atoms with E-state index in [2.05, 4.69) is 4.98 Å². The Morgan fingerprint density at radius 1 is 1.45 bits per heavy atom. The molecule has 0 radical (unpaired) electrons. The highest BCUT2D eigenvalue weighted by Gasteiger charge is 2.18. The number of halogens is 1. The number of carbonyl (C=O) groups excluding carboxylic acids is 1. The number of amides is 1.